The third-order valence-electron chi connectivity index (χ3n) is 6.41. The molecule has 0 unspecified atom stereocenters. The molecule has 4 aromatic rings. The second-order valence-corrected chi connectivity index (χ2v) is 11.2. The Morgan fingerprint density at radius 2 is 1.89 bits per heavy atom. The van der Waals surface area contributed by atoms with Gasteiger partial charge < -0.3 is 9.88 Å². The van der Waals surface area contributed by atoms with E-state index in [2.05, 4.69) is 20.8 Å². The molecule has 0 spiro atoms. The van der Waals surface area contributed by atoms with Gasteiger partial charge in [-0.25, -0.2) is 23.2 Å². The van der Waals surface area contributed by atoms with E-state index in [4.69, 9.17) is 4.84 Å². The first-order chi connectivity index (χ1) is 18.2. The van der Waals surface area contributed by atoms with Crippen LogP contribution in [0.1, 0.15) is 27.9 Å². The van der Waals surface area contributed by atoms with Crippen LogP contribution in [0.5, 0.6) is 0 Å². The van der Waals surface area contributed by atoms with Crippen molar-refractivity contribution in [1.82, 2.24) is 24.3 Å². The molecule has 0 aliphatic heterocycles. The van der Waals surface area contributed by atoms with Crippen LogP contribution >= 0.6 is 0 Å². The van der Waals surface area contributed by atoms with Crippen molar-refractivity contribution in [1.29, 1.82) is 0 Å². The Morgan fingerprint density at radius 1 is 1.11 bits per heavy atom. The van der Waals surface area contributed by atoms with Gasteiger partial charge in [-0.1, -0.05) is 12.1 Å². The molecule has 1 aliphatic rings. The number of aromatic nitrogens is 3. The van der Waals surface area contributed by atoms with Crippen molar-refractivity contribution in [3.8, 4) is 5.69 Å². The van der Waals surface area contributed by atoms with Crippen LogP contribution in [0.25, 0.3) is 16.7 Å². The summed E-state index contributed by atoms with van der Waals surface area (Å²) in [5.74, 6) is -0.532. The standard InChI is InChI=1S/C26H26N6O5S/c1-31(2)38(35,36)20-9-5-8-18(13-20)28-26-27-14-21-23(33)22(25(34)30-37-3)15-32(24(21)29-26)19-11-10-16-6-4-7-17(16)12-19/h5,8-15H,4,6-7H2,1-3H3,(H,30,34)(H,27,28,29). The number of nitrogens with one attached hydrogen (secondary N) is 2. The molecule has 196 valence electrons. The molecule has 12 heteroatoms. The number of benzene rings is 2. The van der Waals surface area contributed by atoms with Gasteiger partial charge in [0, 0.05) is 37.9 Å². The van der Waals surface area contributed by atoms with E-state index in [-0.39, 0.29) is 27.4 Å². The number of carbonyl (C=O) groups excluding carboxylic acids is 1. The van der Waals surface area contributed by atoms with Gasteiger partial charge in [0.05, 0.1) is 17.4 Å². The highest BCUT2D eigenvalue weighted by Gasteiger charge is 2.20. The fourth-order valence-corrected chi connectivity index (χ4v) is 5.41. The molecule has 2 heterocycles. The molecule has 0 saturated carbocycles. The number of fused-ring (bicyclic) bond motifs is 2. The second-order valence-electron chi connectivity index (χ2n) is 9.05. The first-order valence-corrected chi connectivity index (χ1v) is 13.3. The molecule has 2 N–H and O–H groups in total. The maximum atomic E-state index is 13.2. The molecule has 2 aromatic carbocycles. The van der Waals surface area contributed by atoms with E-state index >= 15 is 0 Å². The van der Waals surface area contributed by atoms with Crippen LogP contribution in [0.4, 0.5) is 11.6 Å². The molecule has 1 amide bonds. The number of pyridine rings is 1. The molecule has 0 atom stereocenters. The van der Waals surface area contributed by atoms with Gasteiger partial charge in [0.1, 0.15) is 5.56 Å². The molecular formula is C26H26N6O5S. The average Bonchev–Trinajstić information content (AvgIpc) is 3.37. The smallest absolute Gasteiger partial charge is 0.280 e. The van der Waals surface area contributed by atoms with Crippen molar-refractivity contribution >= 4 is 38.6 Å². The van der Waals surface area contributed by atoms with E-state index in [0.29, 0.717) is 5.69 Å². The molecule has 1 aliphatic carbocycles. The first kappa shape index (κ1) is 25.5. The largest absolute Gasteiger partial charge is 0.324 e. The molecule has 2 aromatic heterocycles. The van der Waals surface area contributed by atoms with Crippen molar-refractivity contribution in [2.24, 2.45) is 0 Å². The minimum atomic E-state index is -3.64. The maximum absolute atomic E-state index is 13.2. The lowest BCUT2D eigenvalue weighted by Gasteiger charge is -2.15. The number of hydrogen-bond acceptors (Lipinski definition) is 8. The Kier molecular flexibility index (Phi) is 6.69. The number of nitrogens with zero attached hydrogens (tertiary/aromatic N) is 4. The van der Waals surface area contributed by atoms with Crippen LogP contribution < -0.4 is 16.2 Å². The van der Waals surface area contributed by atoms with E-state index < -0.39 is 21.4 Å². The molecule has 0 bridgehead atoms. The zero-order chi connectivity index (χ0) is 27.0. The first-order valence-electron chi connectivity index (χ1n) is 11.9. The third kappa shape index (κ3) is 4.64. The number of rotatable bonds is 7. The lowest BCUT2D eigenvalue weighted by atomic mass is 10.1. The Balaban J connectivity index is 1.64. The molecule has 38 heavy (non-hydrogen) atoms. The van der Waals surface area contributed by atoms with Crippen LogP contribution in [-0.4, -0.2) is 54.4 Å². The number of hydrogen-bond donors (Lipinski definition) is 2. The van der Waals surface area contributed by atoms with Crippen LogP contribution in [0.15, 0.2) is 64.5 Å². The number of aryl methyl sites for hydroxylation is 2. The number of sulfonamides is 1. The number of carbonyl (C=O) groups is 1. The summed E-state index contributed by atoms with van der Waals surface area (Å²) >= 11 is 0. The summed E-state index contributed by atoms with van der Waals surface area (Å²) in [6.07, 6.45) is 5.83. The lowest BCUT2D eigenvalue weighted by molar-refractivity contribution is 0.0536. The van der Waals surface area contributed by atoms with E-state index in [1.165, 1.54) is 56.9 Å². The second kappa shape index (κ2) is 9.97. The van der Waals surface area contributed by atoms with Crippen LogP contribution in [0.3, 0.4) is 0 Å². The summed E-state index contributed by atoms with van der Waals surface area (Å²) < 4.78 is 27.9. The minimum absolute atomic E-state index is 0.108. The van der Waals surface area contributed by atoms with Crippen molar-refractivity contribution in [3.05, 3.63) is 81.8 Å². The van der Waals surface area contributed by atoms with Gasteiger partial charge in [0.2, 0.25) is 21.4 Å². The maximum Gasteiger partial charge on any atom is 0.280 e. The zero-order valence-corrected chi connectivity index (χ0v) is 21.9. The van der Waals surface area contributed by atoms with Crippen LogP contribution in [0, 0.1) is 0 Å². The predicted molar refractivity (Wildman–Crippen MR) is 142 cm³/mol. The zero-order valence-electron chi connectivity index (χ0n) is 21.1. The lowest BCUT2D eigenvalue weighted by Crippen LogP contribution is -2.29. The summed E-state index contributed by atoms with van der Waals surface area (Å²) in [5, 5.41) is 3.17. The molecule has 0 radical (unpaired) electrons. The fourth-order valence-electron chi connectivity index (χ4n) is 4.46. The predicted octanol–water partition coefficient (Wildman–Crippen LogP) is 2.55. The van der Waals surface area contributed by atoms with E-state index in [1.54, 1.807) is 16.7 Å². The fraction of sp³-hybridized carbons (Fsp3) is 0.231. The summed E-state index contributed by atoms with van der Waals surface area (Å²) in [7, 11) is 0.570. The molecule has 0 saturated heterocycles. The summed E-state index contributed by atoms with van der Waals surface area (Å²) in [6, 6.07) is 12.3. The van der Waals surface area contributed by atoms with Gasteiger partial charge in [-0.15, -0.1) is 0 Å². The Hall–Kier alpha value is -4.13. The summed E-state index contributed by atoms with van der Waals surface area (Å²) in [6.45, 7) is 0. The van der Waals surface area contributed by atoms with E-state index in [9.17, 15) is 18.0 Å². The van der Waals surface area contributed by atoms with Gasteiger partial charge in [-0.3, -0.25) is 14.4 Å². The van der Waals surface area contributed by atoms with E-state index in [0.717, 1.165) is 29.3 Å². The quantitative estimate of drug-likeness (QED) is 0.346. The third-order valence-corrected chi connectivity index (χ3v) is 8.22. The van der Waals surface area contributed by atoms with Crippen molar-refractivity contribution < 1.29 is 18.0 Å². The van der Waals surface area contributed by atoms with Crippen molar-refractivity contribution in [3.63, 3.8) is 0 Å². The van der Waals surface area contributed by atoms with Crippen molar-refractivity contribution in [2.45, 2.75) is 24.2 Å². The number of anilines is 2. The highest BCUT2D eigenvalue weighted by atomic mass is 32.2. The minimum Gasteiger partial charge on any atom is -0.324 e. The van der Waals surface area contributed by atoms with Gasteiger partial charge in [-0.2, -0.15) is 4.98 Å². The highest BCUT2D eigenvalue weighted by Crippen LogP contribution is 2.26. The molecular weight excluding hydrogens is 508 g/mol. The summed E-state index contributed by atoms with van der Waals surface area (Å²) in [4.78, 5) is 39.5. The van der Waals surface area contributed by atoms with Crippen LogP contribution in [-0.2, 0) is 27.7 Å². The molecule has 5 rings (SSSR count). The molecule has 0 fully saturated rings. The van der Waals surface area contributed by atoms with Gasteiger partial charge in [0.15, 0.2) is 5.65 Å². The van der Waals surface area contributed by atoms with Gasteiger partial charge in [0.25, 0.3) is 5.91 Å². The molecule has 11 nitrogen and oxygen atoms in total. The van der Waals surface area contributed by atoms with Gasteiger partial charge >= 0.3 is 0 Å². The monoisotopic (exact) mass is 534 g/mol. The Labute approximate surface area is 219 Å². The normalized spacial score (nSPS) is 13.1. The number of hydroxylamine groups is 1. The SMILES string of the molecule is CONC(=O)c1cn(-c2ccc3c(c2)CCC3)c2nc(Nc3cccc(S(=O)(=O)N(C)C)c3)ncc2c1=O. The van der Waals surface area contributed by atoms with Crippen LogP contribution in [0.2, 0.25) is 0 Å². The van der Waals surface area contributed by atoms with Gasteiger partial charge in [-0.05, 0) is 60.7 Å². The average molecular weight is 535 g/mol. The summed E-state index contributed by atoms with van der Waals surface area (Å²) in [5.41, 5.74) is 5.51. The number of amides is 1. The topological polar surface area (TPSA) is 136 Å². The Morgan fingerprint density at radius 3 is 2.66 bits per heavy atom. The Bertz CT molecular complexity index is 1730. The highest BCUT2D eigenvalue weighted by molar-refractivity contribution is 7.89. The van der Waals surface area contributed by atoms with E-state index in [1.807, 2.05) is 18.2 Å². The van der Waals surface area contributed by atoms with Crippen molar-refractivity contribution in [2.75, 3.05) is 26.5 Å².